The van der Waals surface area contributed by atoms with Crippen LogP contribution in [0.4, 0.5) is 0 Å². The number of carbonyl (C=O) groups excluding carboxylic acids is 1. The highest BCUT2D eigenvalue weighted by atomic mass is 16.5. The van der Waals surface area contributed by atoms with Crippen molar-refractivity contribution in [2.45, 2.75) is 19.3 Å². The molecule has 0 fully saturated rings. The van der Waals surface area contributed by atoms with Crippen LogP contribution < -0.4 is 14.8 Å². The summed E-state index contributed by atoms with van der Waals surface area (Å²) >= 11 is 0. The number of hydrogen-bond donors (Lipinski definition) is 2. The molecule has 0 aliphatic carbocycles. The highest BCUT2D eigenvalue weighted by Gasteiger charge is 2.17. The fourth-order valence-corrected chi connectivity index (χ4v) is 1.77. The third kappa shape index (κ3) is 4.46. The topological polar surface area (TPSA) is 84.9 Å². The highest BCUT2D eigenvalue weighted by molar-refractivity contribution is 5.99. The quantitative estimate of drug-likeness (QED) is 0.708. The van der Waals surface area contributed by atoms with E-state index in [9.17, 15) is 9.59 Å². The molecule has 0 saturated heterocycles. The van der Waals surface area contributed by atoms with Crippen LogP contribution in [0.2, 0.25) is 0 Å². The van der Waals surface area contributed by atoms with Gasteiger partial charge in [-0.3, -0.25) is 9.59 Å². The zero-order valence-corrected chi connectivity index (χ0v) is 11.6. The molecule has 0 saturated carbocycles. The summed E-state index contributed by atoms with van der Waals surface area (Å²) in [6.07, 6.45) is 1.24. The second-order valence-corrected chi connectivity index (χ2v) is 4.14. The first-order valence-corrected chi connectivity index (χ1v) is 6.31. The number of ether oxygens (including phenoxy) is 2. The van der Waals surface area contributed by atoms with Gasteiger partial charge in [0.05, 0.1) is 14.2 Å². The molecule has 1 rings (SSSR count). The number of unbranched alkanes of at least 4 members (excludes halogenated alkanes) is 1. The molecule has 0 aliphatic rings. The van der Waals surface area contributed by atoms with Crippen LogP contribution in [0.25, 0.3) is 0 Å². The molecule has 0 aliphatic heterocycles. The van der Waals surface area contributed by atoms with E-state index in [0.29, 0.717) is 36.4 Å². The molecule has 110 valence electrons. The summed E-state index contributed by atoms with van der Waals surface area (Å²) < 4.78 is 10.3. The van der Waals surface area contributed by atoms with Gasteiger partial charge < -0.3 is 19.9 Å². The lowest BCUT2D eigenvalue weighted by Crippen LogP contribution is -2.25. The van der Waals surface area contributed by atoms with E-state index in [4.69, 9.17) is 14.6 Å². The van der Waals surface area contributed by atoms with Crippen molar-refractivity contribution in [3.63, 3.8) is 0 Å². The Balaban J connectivity index is 2.61. The molecule has 6 heteroatoms. The largest absolute Gasteiger partial charge is 0.496 e. The first kappa shape index (κ1) is 15.8. The summed E-state index contributed by atoms with van der Waals surface area (Å²) in [6.45, 7) is 0.410. The van der Waals surface area contributed by atoms with Gasteiger partial charge in [-0.05, 0) is 25.0 Å². The molecule has 2 N–H and O–H groups in total. The van der Waals surface area contributed by atoms with Crippen LogP contribution in [0.15, 0.2) is 18.2 Å². The minimum absolute atomic E-state index is 0.105. The zero-order valence-electron chi connectivity index (χ0n) is 11.6. The van der Waals surface area contributed by atoms with Crippen LogP contribution in [0, 0.1) is 0 Å². The molecule has 0 unspecified atom stereocenters. The molecule has 0 atom stereocenters. The molecule has 1 aromatic carbocycles. The predicted molar refractivity (Wildman–Crippen MR) is 73.4 cm³/mol. The Labute approximate surface area is 117 Å². The van der Waals surface area contributed by atoms with Gasteiger partial charge in [0, 0.05) is 13.0 Å². The van der Waals surface area contributed by atoms with E-state index in [2.05, 4.69) is 5.32 Å². The normalized spacial score (nSPS) is 9.90. The minimum atomic E-state index is -0.831. The van der Waals surface area contributed by atoms with Crippen molar-refractivity contribution in [3.05, 3.63) is 23.8 Å². The van der Waals surface area contributed by atoms with Crippen molar-refractivity contribution >= 4 is 11.9 Å². The molecule has 1 aromatic rings. The van der Waals surface area contributed by atoms with Crippen molar-refractivity contribution in [1.82, 2.24) is 5.32 Å². The summed E-state index contributed by atoms with van der Waals surface area (Å²) in [5.74, 6) is -0.253. The van der Waals surface area contributed by atoms with Gasteiger partial charge >= 0.3 is 5.97 Å². The second kappa shape index (κ2) is 8.04. The predicted octanol–water partition coefficient (Wildman–Crippen LogP) is 1.69. The summed E-state index contributed by atoms with van der Waals surface area (Å²) in [6, 6.07) is 5.10. The molecule has 0 bridgehead atoms. The molecule has 0 aromatic heterocycles. The van der Waals surface area contributed by atoms with Crippen molar-refractivity contribution in [1.29, 1.82) is 0 Å². The number of nitrogens with one attached hydrogen (secondary N) is 1. The molecular weight excluding hydrogens is 262 g/mol. The van der Waals surface area contributed by atoms with E-state index in [1.54, 1.807) is 18.2 Å². The third-order valence-electron chi connectivity index (χ3n) is 2.76. The first-order chi connectivity index (χ1) is 9.60. The van der Waals surface area contributed by atoms with Gasteiger partial charge in [-0.25, -0.2) is 0 Å². The maximum Gasteiger partial charge on any atom is 0.303 e. The molecule has 1 amide bonds. The molecule has 6 nitrogen and oxygen atoms in total. The van der Waals surface area contributed by atoms with Gasteiger partial charge in [0.1, 0.15) is 17.1 Å². The Morgan fingerprint density at radius 1 is 1.15 bits per heavy atom. The van der Waals surface area contributed by atoms with E-state index >= 15 is 0 Å². The van der Waals surface area contributed by atoms with Crippen LogP contribution >= 0.6 is 0 Å². The van der Waals surface area contributed by atoms with Gasteiger partial charge in [-0.2, -0.15) is 0 Å². The Morgan fingerprint density at radius 2 is 1.75 bits per heavy atom. The number of hydrogen-bond acceptors (Lipinski definition) is 4. The average Bonchev–Trinajstić information content (AvgIpc) is 2.45. The van der Waals surface area contributed by atoms with E-state index in [1.807, 2.05) is 0 Å². The number of rotatable bonds is 8. The van der Waals surface area contributed by atoms with Crippen LogP contribution in [-0.2, 0) is 4.79 Å². The Kier molecular flexibility index (Phi) is 6.36. The standard InChI is InChI=1S/C14H19NO5/c1-19-10-6-5-7-11(20-2)13(10)14(18)15-9-4-3-8-12(16)17/h5-7H,3-4,8-9H2,1-2H3,(H,15,18)(H,16,17). The van der Waals surface area contributed by atoms with Crippen LogP contribution in [0.3, 0.4) is 0 Å². The first-order valence-electron chi connectivity index (χ1n) is 6.31. The molecule has 0 heterocycles. The van der Waals surface area contributed by atoms with Crippen LogP contribution in [0.5, 0.6) is 11.5 Å². The number of benzene rings is 1. The van der Waals surface area contributed by atoms with Gasteiger partial charge in [0.25, 0.3) is 5.91 Å². The number of carbonyl (C=O) groups is 2. The Morgan fingerprint density at radius 3 is 2.25 bits per heavy atom. The number of methoxy groups -OCH3 is 2. The van der Waals surface area contributed by atoms with Crippen LogP contribution in [0.1, 0.15) is 29.6 Å². The number of carboxylic acid groups (broad SMARTS) is 1. The average molecular weight is 281 g/mol. The van der Waals surface area contributed by atoms with E-state index < -0.39 is 5.97 Å². The van der Waals surface area contributed by atoms with Crippen molar-refractivity contribution in [2.24, 2.45) is 0 Å². The zero-order chi connectivity index (χ0) is 15.0. The van der Waals surface area contributed by atoms with E-state index in [0.717, 1.165) is 0 Å². The Bertz CT molecular complexity index is 450. The molecule has 20 heavy (non-hydrogen) atoms. The summed E-state index contributed by atoms with van der Waals surface area (Å²) in [5, 5.41) is 11.2. The minimum Gasteiger partial charge on any atom is -0.496 e. The summed E-state index contributed by atoms with van der Waals surface area (Å²) in [5.41, 5.74) is 0.343. The molecular formula is C14H19NO5. The van der Waals surface area contributed by atoms with Gasteiger partial charge in [-0.15, -0.1) is 0 Å². The maximum absolute atomic E-state index is 12.1. The van der Waals surface area contributed by atoms with Crippen molar-refractivity contribution < 1.29 is 24.2 Å². The fourth-order valence-electron chi connectivity index (χ4n) is 1.77. The maximum atomic E-state index is 12.1. The van der Waals surface area contributed by atoms with Crippen molar-refractivity contribution in [3.8, 4) is 11.5 Å². The third-order valence-corrected chi connectivity index (χ3v) is 2.76. The lowest BCUT2D eigenvalue weighted by atomic mass is 10.1. The number of carboxylic acids is 1. The van der Waals surface area contributed by atoms with E-state index in [-0.39, 0.29) is 12.3 Å². The summed E-state index contributed by atoms with van der Waals surface area (Å²) in [7, 11) is 2.97. The SMILES string of the molecule is COc1cccc(OC)c1C(=O)NCCCCC(=O)O. The van der Waals surface area contributed by atoms with Gasteiger partial charge in [0.15, 0.2) is 0 Å². The monoisotopic (exact) mass is 281 g/mol. The van der Waals surface area contributed by atoms with Gasteiger partial charge in [0.2, 0.25) is 0 Å². The summed E-state index contributed by atoms with van der Waals surface area (Å²) in [4.78, 5) is 22.5. The number of aliphatic carboxylic acids is 1. The van der Waals surface area contributed by atoms with Gasteiger partial charge in [-0.1, -0.05) is 6.07 Å². The Hall–Kier alpha value is -2.24. The molecule has 0 spiro atoms. The van der Waals surface area contributed by atoms with Crippen molar-refractivity contribution in [2.75, 3.05) is 20.8 Å². The second-order valence-electron chi connectivity index (χ2n) is 4.14. The lowest BCUT2D eigenvalue weighted by molar-refractivity contribution is -0.137. The molecule has 0 radical (unpaired) electrons. The van der Waals surface area contributed by atoms with E-state index in [1.165, 1.54) is 14.2 Å². The number of amides is 1. The highest BCUT2D eigenvalue weighted by Crippen LogP contribution is 2.27. The lowest BCUT2D eigenvalue weighted by Gasteiger charge is -2.12. The van der Waals surface area contributed by atoms with Crippen LogP contribution in [-0.4, -0.2) is 37.7 Å². The fraction of sp³-hybridized carbons (Fsp3) is 0.429. The smallest absolute Gasteiger partial charge is 0.303 e.